The SMILES string of the molecule is O=C(Nc1ccccc1N1CCOCC1)c1ccc2cc[nH]c2c1. The van der Waals surface area contributed by atoms with Gasteiger partial charge in [-0.05, 0) is 35.7 Å². The second-order valence-electron chi connectivity index (χ2n) is 5.85. The molecule has 1 amide bonds. The van der Waals surface area contributed by atoms with Crippen LogP contribution in [0.1, 0.15) is 10.4 Å². The number of carbonyl (C=O) groups excluding carboxylic acids is 1. The highest BCUT2D eigenvalue weighted by molar-refractivity contribution is 6.07. The second-order valence-corrected chi connectivity index (χ2v) is 5.85. The van der Waals surface area contributed by atoms with Gasteiger partial charge in [0.25, 0.3) is 5.91 Å². The van der Waals surface area contributed by atoms with Crippen molar-refractivity contribution in [1.82, 2.24) is 4.98 Å². The van der Waals surface area contributed by atoms with E-state index in [-0.39, 0.29) is 5.91 Å². The standard InChI is InChI=1S/C19H19N3O2/c23-19(15-6-5-14-7-8-20-17(14)13-15)21-16-3-1-2-4-18(16)22-9-11-24-12-10-22/h1-8,13,20H,9-12H2,(H,21,23). The molecule has 3 aromatic rings. The van der Waals surface area contributed by atoms with Gasteiger partial charge in [0.2, 0.25) is 0 Å². The molecule has 0 spiro atoms. The summed E-state index contributed by atoms with van der Waals surface area (Å²) in [5.74, 6) is -0.104. The molecular formula is C19H19N3O2. The number of para-hydroxylation sites is 2. The highest BCUT2D eigenvalue weighted by Crippen LogP contribution is 2.27. The Balaban J connectivity index is 1.59. The molecule has 4 rings (SSSR count). The maximum Gasteiger partial charge on any atom is 0.255 e. The Labute approximate surface area is 140 Å². The number of ether oxygens (including phenoxy) is 1. The predicted octanol–water partition coefficient (Wildman–Crippen LogP) is 3.26. The second kappa shape index (κ2) is 6.37. The van der Waals surface area contributed by atoms with E-state index in [1.165, 1.54) is 0 Å². The lowest BCUT2D eigenvalue weighted by Gasteiger charge is -2.30. The maximum atomic E-state index is 12.6. The van der Waals surface area contributed by atoms with Gasteiger partial charge in [0.1, 0.15) is 0 Å². The van der Waals surface area contributed by atoms with Gasteiger partial charge in [-0.25, -0.2) is 0 Å². The topological polar surface area (TPSA) is 57.4 Å². The third kappa shape index (κ3) is 2.86. The van der Waals surface area contributed by atoms with Gasteiger partial charge in [0.15, 0.2) is 0 Å². The molecule has 0 saturated carbocycles. The first kappa shape index (κ1) is 14.8. The average molecular weight is 321 g/mol. The van der Waals surface area contributed by atoms with Gasteiger partial charge in [-0.3, -0.25) is 4.79 Å². The van der Waals surface area contributed by atoms with Crippen LogP contribution >= 0.6 is 0 Å². The molecule has 2 N–H and O–H groups in total. The number of benzene rings is 2. The number of anilines is 2. The first-order valence-electron chi connectivity index (χ1n) is 8.11. The largest absolute Gasteiger partial charge is 0.378 e. The zero-order valence-corrected chi connectivity index (χ0v) is 13.3. The number of hydrogen-bond donors (Lipinski definition) is 2. The quantitative estimate of drug-likeness (QED) is 0.778. The summed E-state index contributed by atoms with van der Waals surface area (Å²) in [6.07, 6.45) is 1.88. The van der Waals surface area contributed by atoms with E-state index in [4.69, 9.17) is 4.74 Å². The van der Waals surface area contributed by atoms with Gasteiger partial charge in [-0.15, -0.1) is 0 Å². The van der Waals surface area contributed by atoms with Crippen molar-refractivity contribution in [3.8, 4) is 0 Å². The van der Waals surface area contributed by atoms with E-state index >= 15 is 0 Å². The lowest BCUT2D eigenvalue weighted by atomic mass is 10.1. The van der Waals surface area contributed by atoms with Crippen LogP contribution in [0.2, 0.25) is 0 Å². The van der Waals surface area contributed by atoms with E-state index in [0.29, 0.717) is 18.8 Å². The molecule has 1 fully saturated rings. The highest BCUT2D eigenvalue weighted by Gasteiger charge is 2.16. The molecule has 5 heteroatoms. The first-order valence-corrected chi connectivity index (χ1v) is 8.11. The smallest absolute Gasteiger partial charge is 0.255 e. The number of hydrogen-bond acceptors (Lipinski definition) is 3. The average Bonchev–Trinajstić information content (AvgIpc) is 3.10. The normalized spacial score (nSPS) is 14.8. The Bertz CT molecular complexity index is 866. The number of amides is 1. The number of nitrogens with zero attached hydrogens (tertiary/aromatic N) is 1. The molecule has 0 aliphatic carbocycles. The number of aromatic amines is 1. The van der Waals surface area contributed by atoms with Gasteiger partial charge in [0.05, 0.1) is 24.6 Å². The third-order valence-corrected chi connectivity index (χ3v) is 4.32. The number of morpholine rings is 1. The van der Waals surface area contributed by atoms with Crippen LogP contribution < -0.4 is 10.2 Å². The zero-order chi connectivity index (χ0) is 16.4. The van der Waals surface area contributed by atoms with Gasteiger partial charge in [-0.1, -0.05) is 18.2 Å². The van der Waals surface area contributed by atoms with Gasteiger partial charge < -0.3 is 19.9 Å². The Kier molecular flexibility index (Phi) is 3.92. The first-order chi connectivity index (χ1) is 11.8. The molecular weight excluding hydrogens is 302 g/mol. The van der Waals surface area contributed by atoms with Crippen LogP contribution in [0.4, 0.5) is 11.4 Å². The molecule has 0 atom stereocenters. The van der Waals surface area contributed by atoms with Crippen molar-refractivity contribution in [3.63, 3.8) is 0 Å². The van der Waals surface area contributed by atoms with Crippen molar-refractivity contribution in [3.05, 3.63) is 60.3 Å². The predicted molar refractivity (Wildman–Crippen MR) is 95.7 cm³/mol. The van der Waals surface area contributed by atoms with E-state index in [9.17, 15) is 4.79 Å². The van der Waals surface area contributed by atoms with Crippen LogP contribution in [0.5, 0.6) is 0 Å². The Hall–Kier alpha value is -2.79. The van der Waals surface area contributed by atoms with Gasteiger partial charge in [0, 0.05) is 30.4 Å². The molecule has 2 aromatic carbocycles. The number of rotatable bonds is 3. The highest BCUT2D eigenvalue weighted by atomic mass is 16.5. The number of nitrogens with one attached hydrogen (secondary N) is 2. The van der Waals surface area contributed by atoms with Crippen molar-refractivity contribution in [2.24, 2.45) is 0 Å². The van der Waals surface area contributed by atoms with Crippen LogP contribution in [-0.4, -0.2) is 37.2 Å². The molecule has 24 heavy (non-hydrogen) atoms. The molecule has 5 nitrogen and oxygen atoms in total. The Morgan fingerprint density at radius 3 is 2.79 bits per heavy atom. The van der Waals surface area contributed by atoms with Crippen molar-refractivity contribution >= 4 is 28.2 Å². The molecule has 2 heterocycles. The monoisotopic (exact) mass is 321 g/mol. The van der Waals surface area contributed by atoms with Crippen molar-refractivity contribution in [2.75, 3.05) is 36.5 Å². The summed E-state index contributed by atoms with van der Waals surface area (Å²) >= 11 is 0. The molecule has 1 aromatic heterocycles. The summed E-state index contributed by atoms with van der Waals surface area (Å²) in [4.78, 5) is 18.0. The Morgan fingerprint density at radius 2 is 1.92 bits per heavy atom. The summed E-state index contributed by atoms with van der Waals surface area (Å²) in [6, 6.07) is 15.6. The van der Waals surface area contributed by atoms with Crippen LogP contribution in [0.15, 0.2) is 54.7 Å². The lowest BCUT2D eigenvalue weighted by molar-refractivity contribution is 0.102. The molecule has 1 aliphatic heterocycles. The molecule has 0 bridgehead atoms. The number of carbonyl (C=O) groups is 1. The van der Waals surface area contributed by atoms with E-state index in [1.807, 2.05) is 54.7 Å². The van der Waals surface area contributed by atoms with E-state index in [0.717, 1.165) is 35.4 Å². The van der Waals surface area contributed by atoms with Crippen molar-refractivity contribution < 1.29 is 9.53 Å². The van der Waals surface area contributed by atoms with E-state index in [2.05, 4.69) is 15.2 Å². The van der Waals surface area contributed by atoms with E-state index < -0.39 is 0 Å². The lowest BCUT2D eigenvalue weighted by Crippen LogP contribution is -2.36. The number of fused-ring (bicyclic) bond motifs is 1. The van der Waals surface area contributed by atoms with E-state index in [1.54, 1.807) is 0 Å². The summed E-state index contributed by atoms with van der Waals surface area (Å²) < 4.78 is 5.41. The molecule has 1 saturated heterocycles. The summed E-state index contributed by atoms with van der Waals surface area (Å²) in [5.41, 5.74) is 3.47. The minimum atomic E-state index is -0.104. The van der Waals surface area contributed by atoms with Crippen LogP contribution in [0.3, 0.4) is 0 Å². The fourth-order valence-electron chi connectivity index (χ4n) is 3.04. The van der Waals surface area contributed by atoms with Crippen molar-refractivity contribution in [2.45, 2.75) is 0 Å². The van der Waals surface area contributed by atoms with Crippen LogP contribution in [0.25, 0.3) is 10.9 Å². The van der Waals surface area contributed by atoms with Gasteiger partial charge >= 0.3 is 0 Å². The molecule has 122 valence electrons. The summed E-state index contributed by atoms with van der Waals surface area (Å²) in [5, 5.41) is 4.14. The molecule has 0 radical (unpaired) electrons. The molecule has 0 unspecified atom stereocenters. The fourth-order valence-corrected chi connectivity index (χ4v) is 3.04. The number of H-pyrrole nitrogens is 1. The summed E-state index contributed by atoms with van der Waals surface area (Å²) in [6.45, 7) is 3.10. The fraction of sp³-hybridized carbons (Fsp3) is 0.211. The zero-order valence-electron chi connectivity index (χ0n) is 13.3. The maximum absolute atomic E-state index is 12.6. The summed E-state index contributed by atoms with van der Waals surface area (Å²) in [7, 11) is 0. The van der Waals surface area contributed by atoms with Crippen molar-refractivity contribution in [1.29, 1.82) is 0 Å². The molecule has 1 aliphatic rings. The van der Waals surface area contributed by atoms with Crippen LogP contribution in [0, 0.1) is 0 Å². The Morgan fingerprint density at radius 1 is 1.08 bits per heavy atom. The minimum Gasteiger partial charge on any atom is -0.378 e. The number of aromatic nitrogens is 1. The minimum absolute atomic E-state index is 0.104. The third-order valence-electron chi connectivity index (χ3n) is 4.32. The van der Waals surface area contributed by atoms with Crippen LogP contribution in [-0.2, 0) is 4.74 Å². The van der Waals surface area contributed by atoms with Gasteiger partial charge in [-0.2, -0.15) is 0 Å².